The number of ether oxygens (including phenoxy) is 1. The van der Waals surface area contributed by atoms with Crippen molar-refractivity contribution in [1.82, 2.24) is 5.32 Å². The minimum Gasteiger partial charge on any atom is -0.394 e. The predicted octanol–water partition coefficient (Wildman–Crippen LogP) is 4.29. The Morgan fingerprint density at radius 3 is 1.92 bits per heavy atom. The van der Waals surface area contributed by atoms with Crippen molar-refractivity contribution in [3.05, 3.63) is 12.2 Å². The Hall–Kier alpha value is -1.03. The number of aliphatic hydroxyl groups is 5. The molecule has 8 heteroatoms. The molecule has 230 valence electrons. The molecule has 0 spiro atoms. The lowest BCUT2D eigenvalue weighted by Gasteiger charge is -2.40. The summed E-state index contributed by atoms with van der Waals surface area (Å²) in [7, 11) is 0. The minimum atomic E-state index is -1.43. The number of rotatable bonds is 23. The summed E-state index contributed by atoms with van der Waals surface area (Å²) in [6.45, 7) is 3.84. The van der Waals surface area contributed by atoms with Gasteiger partial charge in [0.15, 0.2) is 0 Å². The van der Waals surface area contributed by atoms with Crippen LogP contribution in [0.15, 0.2) is 12.2 Å². The van der Waals surface area contributed by atoms with Crippen LogP contribution in [0.4, 0.5) is 0 Å². The molecular weight excluding hydrogens is 498 g/mol. The molecule has 0 aromatic heterocycles. The number of unbranched alkanes of at least 4 members (excludes halogenated alkanes) is 13. The summed E-state index contributed by atoms with van der Waals surface area (Å²) in [5, 5.41) is 53.7. The average Bonchev–Trinajstić information content (AvgIpc) is 2.93. The number of hydrogen-bond acceptors (Lipinski definition) is 7. The first-order chi connectivity index (χ1) is 18.8. The Labute approximate surface area is 237 Å². The fourth-order valence-electron chi connectivity index (χ4n) is 5.20. The molecule has 0 aliphatic carbocycles. The highest BCUT2D eigenvalue weighted by atomic mass is 16.5. The van der Waals surface area contributed by atoms with E-state index in [0.29, 0.717) is 12.8 Å². The van der Waals surface area contributed by atoms with E-state index in [4.69, 9.17) is 4.74 Å². The van der Waals surface area contributed by atoms with Crippen LogP contribution in [0.3, 0.4) is 0 Å². The van der Waals surface area contributed by atoms with Crippen LogP contribution in [-0.4, -0.2) is 80.7 Å². The van der Waals surface area contributed by atoms with Crippen LogP contribution in [0.25, 0.3) is 0 Å². The third-order valence-corrected chi connectivity index (χ3v) is 7.83. The van der Waals surface area contributed by atoms with Gasteiger partial charge < -0.3 is 35.6 Å². The zero-order chi connectivity index (χ0) is 28.9. The molecule has 1 aliphatic heterocycles. The first-order valence-corrected chi connectivity index (χ1v) is 15.8. The molecule has 2 unspecified atom stereocenters. The molecule has 0 bridgehead atoms. The number of nitrogens with one attached hydrogen (secondary N) is 1. The highest BCUT2D eigenvalue weighted by Crippen LogP contribution is 2.25. The van der Waals surface area contributed by atoms with Crippen molar-refractivity contribution in [3.63, 3.8) is 0 Å². The largest absolute Gasteiger partial charge is 0.394 e. The third kappa shape index (κ3) is 15.5. The maximum Gasteiger partial charge on any atom is 0.220 e. The van der Waals surface area contributed by atoms with Crippen molar-refractivity contribution in [3.8, 4) is 0 Å². The molecule has 0 radical (unpaired) electrons. The van der Waals surface area contributed by atoms with Crippen molar-refractivity contribution in [2.45, 2.75) is 172 Å². The summed E-state index contributed by atoms with van der Waals surface area (Å²) in [6.07, 6.45) is 15.6. The number of amides is 1. The monoisotopic (exact) mass is 557 g/mol. The van der Waals surface area contributed by atoms with Crippen LogP contribution in [0.2, 0.25) is 0 Å². The van der Waals surface area contributed by atoms with E-state index < -0.39 is 49.3 Å². The molecule has 7 atom stereocenters. The Balaban J connectivity index is 2.47. The fourth-order valence-corrected chi connectivity index (χ4v) is 5.20. The number of hydrogen-bond donors (Lipinski definition) is 6. The zero-order valence-corrected chi connectivity index (χ0v) is 24.7. The Morgan fingerprint density at radius 1 is 0.795 bits per heavy atom. The second-order valence-corrected chi connectivity index (χ2v) is 11.3. The topological polar surface area (TPSA) is 139 Å². The van der Waals surface area contributed by atoms with Gasteiger partial charge in [0.2, 0.25) is 5.91 Å². The van der Waals surface area contributed by atoms with E-state index in [0.717, 1.165) is 32.1 Å². The maximum atomic E-state index is 12.5. The normalized spacial score (nSPS) is 25.2. The van der Waals surface area contributed by atoms with Gasteiger partial charge in [0.1, 0.15) is 24.4 Å². The highest BCUT2D eigenvalue weighted by molar-refractivity contribution is 5.76. The zero-order valence-electron chi connectivity index (χ0n) is 24.7. The first-order valence-electron chi connectivity index (χ1n) is 15.8. The Bertz CT molecular complexity index is 630. The van der Waals surface area contributed by atoms with E-state index in [1.54, 1.807) is 6.08 Å². The Morgan fingerprint density at radius 2 is 1.33 bits per heavy atom. The quantitative estimate of drug-likeness (QED) is 0.0813. The molecule has 1 amide bonds. The number of carbonyl (C=O) groups is 1. The van der Waals surface area contributed by atoms with Crippen LogP contribution in [0, 0.1) is 0 Å². The molecule has 1 aliphatic rings. The number of allylic oxidation sites excluding steroid dienone is 1. The van der Waals surface area contributed by atoms with E-state index in [1.165, 1.54) is 64.2 Å². The number of carbonyl (C=O) groups excluding carboxylic acids is 1. The van der Waals surface area contributed by atoms with Crippen LogP contribution < -0.4 is 5.32 Å². The molecule has 6 N–H and O–H groups in total. The summed E-state index contributed by atoms with van der Waals surface area (Å²) >= 11 is 0. The van der Waals surface area contributed by atoms with E-state index in [9.17, 15) is 30.3 Å². The second kappa shape index (κ2) is 22.6. The van der Waals surface area contributed by atoms with Gasteiger partial charge in [-0.2, -0.15) is 0 Å². The molecule has 1 saturated heterocycles. The minimum absolute atomic E-state index is 0.125. The highest BCUT2D eigenvalue weighted by Gasteiger charge is 2.43. The van der Waals surface area contributed by atoms with E-state index in [2.05, 4.69) is 19.2 Å². The van der Waals surface area contributed by atoms with Crippen LogP contribution >= 0.6 is 0 Å². The van der Waals surface area contributed by atoms with Crippen molar-refractivity contribution < 1.29 is 35.1 Å². The van der Waals surface area contributed by atoms with Gasteiger partial charge in [-0.25, -0.2) is 0 Å². The standard InChI is InChI=1S/C31H59NO7/c1-3-5-7-8-9-10-11-12-13-14-15-16-18-19-25(34)24(32-28(35)20-17-6-4-2)21-22-26-29(36)31(38)30(37)27(23-33)39-26/h18-19,24-27,29-31,33-34,36-38H,3-17,20-23H2,1-2H3,(H,32,35)/b19-18+/t24?,25?,26-,27+,29-,30-,31+/m1/s1. The second-order valence-electron chi connectivity index (χ2n) is 11.3. The molecule has 1 rings (SSSR count). The van der Waals surface area contributed by atoms with Gasteiger partial charge in [-0.15, -0.1) is 0 Å². The van der Waals surface area contributed by atoms with E-state index >= 15 is 0 Å². The van der Waals surface area contributed by atoms with Crippen molar-refractivity contribution in [2.75, 3.05) is 6.61 Å². The van der Waals surface area contributed by atoms with Crippen molar-refractivity contribution in [1.29, 1.82) is 0 Å². The SMILES string of the molecule is CCCCCCCCCCCCC/C=C/C(O)C(CC[C@H]1O[C@@H](CO)[C@@H](O)[C@@H](O)[C@@H]1O)NC(=O)CCCCC. The maximum absolute atomic E-state index is 12.5. The van der Waals surface area contributed by atoms with Crippen molar-refractivity contribution in [2.24, 2.45) is 0 Å². The van der Waals surface area contributed by atoms with E-state index in [1.807, 2.05) is 6.08 Å². The van der Waals surface area contributed by atoms with Crippen molar-refractivity contribution >= 4 is 5.91 Å². The smallest absolute Gasteiger partial charge is 0.220 e. The van der Waals surface area contributed by atoms with Gasteiger partial charge >= 0.3 is 0 Å². The molecule has 1 fully saturated rings. The van der Waals surface area contributed by atoms with Crippen LogP contribution in [0.5, 0.6) is 0 Å². The Kier molecular flexibility index (Phi) is 20.9. The summed E-state index contributed by atoms with van der Waals surface area (Å²) in [5.41, 5.74) is 0. The van der Waals surface area contributed by atoms with Gasteiger partial charge in [-0.1, -0.05) is 103 Å². The molecular formula is C31H59NO7. The summed E-state index contributed by atoms with van der Waals surface area (Å²) in [4.78, 5) is 12.5. The molecule has 1 heterocycles. The van der Waals surface area contributed by atoms with Gasteiger partial charge in [-0.3, -0.25) is 4.79 Å². The lowest BCUT2D eigenvalue weighted by atomic mass is 9.91. The van der Waals surface area contributed by atoms with Crippen LogP contribution in [-0.2, 0) is 9.53 Å². The molecule has 39 heavy (non-hydrogen) atoms. The van der Waals surface area contributed by atoms with Crippen LogP contribution in [0.1, 0.15) is 129 Å². The number of aliphatic hydroxyl groups excluding tert-OH is 5. The lowest BCUT2D eigenvalue weighted by molar-refractivity contribution is -0.230. The van der Waals surface area contributed by atoms with Gasteiger partial charge in [0.05, 0.1) is 24.9 Å². The van der Waals surface area contributed by atoms with Gasteiger partial charge in [0, 0.05) is 6.42 Å². The molecule has 0 saturated carbocycles. The molecule has 8 nitrogen and oxygen atoms in total. The third-order valence-electron chi connectivity index (χ3n) is 7.83. The van der Waals surface area contributed by atoms with Gasteiger partial charge in [0.25, 0.3) is 0 Å². The summed E-state index contributed by atoms with van der Waals surface area (Å²) in [6, 6.07) is -0.569. The average molecular weight is 558 g/mol. The van der Waals surface area contributed by atoms with Gasteiger partial charge in [-0.05, 0) is 32.1 Å². The van der Waals surface area contributed by atoms with E-state index in [-0.39, 0.29) is 12.3 Å². The predicted molar refractivity (Wildman–Crippen MR) is 155 cm³/mol. The first kappa shape index (κ1) is 36.0. The summed E-state index contributed by atoms with van der Waals surface area (Å²) in [5.74, 6) is -0.125. The molecule has 0 aromatic carbocycles. The lowest BCUT2D eigenvalue weighted by Crippen LogP contribution is -2.58. The summed E-state index contributed by atoms with van der Waals surface area (Å²) < 4.78 is 5.61. The molecule has 0 aromatic rings. The fraction of sp³-hybridized carbons (Fsp3) is 0.903.